The van der Waals surface area contributed by atoms with Crippen molar-refractivity contribution in [1.82, 2.24) is 10.2 Å². The first-order valence-corrected chi connectivity index (χ1v) is 15.6. The summed E-state index contributed by atoms with van der Waals surface area (Å²) < 4.78 is 39.7. The zero-order valence-electron chi connectivity index (χ0n) is 24.0. The molecule has 1 fully saturated rings. The molecule has 3 aromatic rings. The number of hydrogen-bond acceptors (Lipinski definition) is 6. The Morgan fingerprint density at radius 1 is 0.952 bits per heavy atom. The third-order valence-corrected chi connectivity index (χ3v) is 9.59. The van der Waals surface area contributed by atoms with Crippen LogP contribution in [0.4, 0.5) is 5.69 Å². The number of nitrogens with one attached hydrogen (secondary N) is 1. The molecule has 0 radical (unpaired) electrons. The second-order valence-corrected chi connectivity index (χ2v) is 12.4. The molecule has 0 bridgehead atoms. The Kier molecular flexibility index (Phi) is 10.3. The Hall–Kier alpha value is -3.76. The fourth-order valence-corrected chi connectivity index (χ4v) is 6.64. The second-order valence-electron chi connectivity index (χ2n) is 10.1. The summed E-state index contributed by atoms with van der Waals surface area (Å²) in [6.45, 7) is 1.09. The molecule has 1 N–H and O–H groups in total. The third kappa shape index (κ3) is 7.17. The van der Waals surface area contributed by atoms with E-state index >= 15 is 0 Å². The van der Waals surface area contributed by atoms with Gasteiger partial charge in [0.25, 0.3) is 10.0 Å². The van der Waals surface area contributed by atoms with Crippen LogP contribution in [-0.4, -0.2) is 58.0 Å². The maximum absolute atomic E-state index is 14.1. The van der Waals surface area contributed by atoms with Crippen LogP contribution in [0, 0.1) is 0 Å². The average Bonchev–Trinajstić information content (AvgIpc) is 3.52. The van der Waals surface area contributed by atoms with Gasteiger partial charge in [0.1, 0.15) is 12.6 Å². The number of amides is 2. The van der Waals surface area contributed by atoms with Crippen molar-refractivity contribution in [3.63, 3.8) is 0 Å². The van der Waals surface area contributed by atoms with E-state index in [0.717, 1.165) is 30.0 Å². The highest BCUT2D eigenvalue weighted by atomic mass is 35.5. The molecule has 0 saturated heterocycles. The summed E-state index contributed by atoms with van der Waals surface area (Å²) in [4.78, 5) is 28.9. The van der Waals surface area contributed by atoms with Crippen molar-refractivity contribution in [2.24, 2.45) is 0 Å². The molecule has 2 amide bonds. The van der Waals surface area contributed by atoms with Crippen LogP contribution in [0.1, 0.15) is 38.2 Å². The van der Waals surface area contributed by atoms with Crippen molar-refractivity contribution in [2.75, 3.05) is 25.1 Å². The van der Waals surface area contributed by atoms with Gasteiger partial charge in [0.05, 0.1) is 24.8 Å². The van der Waals surface area contributed by atoms with E-state index in [1.165, 1.54) is 37.3 Å². The van der Waals surface area contributed by atoms with Crippen LogP contribution in [0.5, 0.6) is 11.5 Å². The number of sulfonamides is 1. The Morgan fingerprint density at radius 2 is 1.60 bits per heavy atom. The van der Waals surface area contributed by atoms with Gasteiger partial charge in [-0.05, 0) is 55.7 Å². The molecule has 224 valence electrons. The first-order chi connectivity index (χ1) is 20.1. The molecule has 1 aliphatic carbocycles. The van der Waals surface area contributed by atoms with Crippen molar-refractivity contribution in [3.05, 3.63) is 83.4 Å². The van der Waals surface area contributed by atoms with E-state index in [-0.39, 0.29) is 29.1 Å². The normalized spacial score (nSPS) is 14.2. The summed E-state index contributed by atoms with van der Waals surface area (Å²) in [5.41, 5.74) is 0.835. The van der Waals surface area contributed by atoms with Crippen LogP contribution < -0.4 is 19.1 Å². The van der Waals surface area contributed by atoms with E-state index < -0.39 is 28.5 Å². The van der Waals surface area contributed by atoms with Crippen LogP contribution in [0.25, 0.3) is 0 Å². The van der Waals surface area contributed by atoms with Gasteiger partial charge in [0, 0.05) is 23.7 Å². The Labute approximate surface area is 252 Å². The molecule has 1 saturated carbocycles. The molecule has 0 spiro atoms. The number of carbonyl (C=O) groups excluding carboxylic acids is 2. The van der Waals surface area contributed by atoms with Gasteiger partial charge in [-0.3, -0.25) is 13.9 Å². The van der Waals surface area contributed by atoms with Crippen LogP contribution >= 0.6 is 11.6 Å². The lowest BCUT2D eigenvalue weighted by atomic mass is 10.1. The maximum Gasteiger partial charge on any atom is 0.264 e. The topological polar surface area (TPSA) is 105 Å². The van der Waals surface area contributed by atoms with Crippen molar-refractivity contribution in [3.8, 4) is 11.5 Å². The van der Waals surface area contributed by atoms with E-state index in [1.54, 1.807) is 61.5 Å². The van der Waals surface area contributed by atoms with Gasteiger partial charge in [-0.15, -0.1) is 0 Å². The number of halogens is 1. The highest BCUT2D eigenvalue weighted by molar-refractivity contribution is 7.92. The standard InChI is InChI=1S/C31H36ClN3O6S/c1-22(31(37)33-24-12-8-9-13-24)34(20-23-11-7-10-16-27(23)32)30(36)21-35(42(38,39)26-14-5-4-6-15-26)25-17-18-28(40-2)29(19-25)41-3/h4-7,10-11,14-19,22,24H,8-9,12-13,20-21H2,1-3H3,(H,33,37)/t22-/m0/s1. The summed E-state index contributed by atoms with van der Waals surface area (Å²) in [6.07, 6.45) is 3.86. The lowest BCUT2D eigenvalue weighted by Crippen LogP contribution is -2.52. The van der Waals surface area contributed by atoms with Crippen LogP contribution in [0.2, 0.25) is 5.02 Å². The molecule has 11 heteroatoms. The minimum absolute atomic E-state index is 0.0114. The average molecular weight is 614 g/mol. The summed E-state index contributed by atoms with van der Waals surface area (Å²) in [5.74, 6) is -0.167. The number of methoxy groups -OCH3 is 2. The summed E-state index contributed by atoms with van der Waals surface area (Å²) >= 11 is 6.44. The Bertz CT molecular complexity index is 1500. The highest BCUT2D eigenvalue weighted by Gasteiger charge is 2.34. The van der Waals surface area contributed by atoms with Gasteiger partial charge >= 0.3 is 0 Å². The summed E-state index contributed by atoms with van der Waals surface area (Å²) in [6, 6.07) is 18.7. The van der Waals surface area contributed by atoms with Crippen molar-refractivity contribution < 1.29 is 27.5 Å². The van der Waals surface area contributed by atoms with E-state index in [9.17, 15) is 18.0 Å². The van der Waals surface area contributed by atoms with E-state index in [1.807, 2.05) is 0 Å². The second kappa shape index (κ2) is 13.9. The Morgan fingerprint density at radius 3 is 2.24 bits per heavy atom. The fourth-order valence-electron chi connectivity index (χ4n) is 5.01. The zero-order valence-corrected chi connectivity index (χ0v) is 25.5. The molecule has 4 rings (SSSR count). The predicted molar refractivity (Wildman–Crippen MR) is 162 cm³/mol. The molecular weight excluding hydrogens is 578 g/mol. The number of rotatable bonds is 12. The first-order valence-electron chi connectivity index (χ1n) is 13.8. The van der Waals surface area contributed by atoms with Crippen LogP contribution in [0.15, 0.2) is 77.7 Å². The maximum atomic E-state index is 14.1. The minimum atomic E-state index is -4.21. The third-order valence-electron chi connectivity index (χ3n) is 7.43. The van der Waals surface area contributed by atoms with Gasteiger partial charge in [0.15, 0.2) is 11.5 Å². The lowest BCUT2D eigenvalue weighted by Gasteiger charge is -2.32. The van der Waals surface area contributed by atoms with E-state index in [2.05, 4.69) is 5.32 Å². The molecule has 42 heavy (non-hydrogen) atoms. The SMILES string of the molecule is COc1ccc(N(CC(=O)N(Cc2ccccc2Cl)[C@@H](C)C(=O)NC2CCCC2)S(=O)(=O)c2ccccc2)cc1OC. The number of benzene rings is 3. The molecule has 1 atom stereocenters. The minimum Gasteiger partial charge on any atom is -0.493 e. The van der Waals surface area contributed by atoms with Gasteiger partial charge < -0.3 is 19.7 Å². The Balaban J connectivity index is 1.73. The molecule has 0 unspecified atom stereocenters. The first kappa shape index (κ1) is 31.2. The predicted octanol–water partition coefficient (Wildman–Crippen LogP) is 5.03. The van der Waals surface area contributed by atoms with Crippen molar-refractivity contribution >= 4 is 39.1 Å². The zero-order chi connectivity index (χ0) is 30.3. The number of anilines is 1. The number of hydrogen-bond donors (Lipinski definition) is 1. The van der Waals surface area contributed by atoms with Crippen molar-refractivity contribution in [2.45, 2.75) is 56.1 Å². The highest BCUT2D eigenvalue weighted by Crippen LogP contribution is 2.34. The van der Waals surface area contributed by atoms with E-state index in [0.29, 0.717) is 22.1 Å². The smallest absolute Gasteiger partial charge is 0.264 e. The lowest BCUT2D eigenvalue weighted by molar-refractivity contribution is -0.139. The van der Waals surface area contributed by atoms with Crippen molar-refractivity contribution in [1.29, 1.82) is 0 Å². The van der Waals surface area contributed by atoms with Crippen LogP contribution in [-0.2, 0) is 26.2 Å². The monoisotopic (exact) mass is 613 g/mol. The molecular formula is C31H36ClN3O6S. The fraction of sp³-hybridized carbons (Fsp3) is 0.355. The van der Waals surface area contributed by atoms with Gasteiger partial charge in [-0.1, -0.05) is 60.8 Å². The van der Waals surface area contributed by atoms with Crippen LogP contribution in [0.3, 0.4) is 0 Å². The summed E-state index contributed by atoms with van der Waals surface area (Å²) in [5, 5.41) is 3.49. The van der Waals surface area contributed by atoms with Gasteiger partial charge in [0.2, 0.25) is 11.8 Å². The quantitative estimate of drug-likeness (QED) is 0.307. The molecule has 0 aromatic heterocycles. The summed E-state index contributed by atoms with van der Waals surface area (Å²) in [7, 11) is -1.29. The molecule has 0 aliphatic heterocycles. The number of carbonyl (C=O) groups is 2. The number of nitrogens with zero attached hydrogens (tertiary/aromatic N) is 2. The number of ether oxygens (including phenoxy) is 2. The van der Waals surface area contributed by atoms with Gasteiger partial charge in [-0.25, -0.2) is 8.42 Å². The largest absolute Gasteiger partial charge is 0.493 e. The molecule has 0 heterocycles. The molecule has 1 aliphatic rings. The van der Waals surface area contributed by atoms with E-state index in [4.69, 9.17) is 21.1 Å². The molecule has 9 nitrogen and oxygen atoms in total. The van der Waals surface area contributed by atoms with Gasteiger partial charge in [-0.2, -0.15) is 0 Å². The molecule has 3 aromatic carbocycles.